The van der Waals surface area contributed by atoms with Crippen molar-refractivity contribution in [1.82, 2.24) is 0 Å². The molecule has 1 aromatic carbocycles. The van der Waals surface area contributed by atoms with Crippen LogP contribution in [0.5, 0.6) is 0 Å². The van der Waals surface area contributed by atoms with E-state index in [1.807, 2.05) is 24.3 Å². The van der Waals surface area contributed by atoms with Gasteiger partial charge in [0.25, 0.3) is 0 Å². The van der Waals surface area contributed by atoms with E-state index in [0.717, 1.165) is 17.5 Å². The van der Waals surface area contributed by atoms with Crippen molar-refractivity contribution in [2.24, 2.45) is 0 Å². The third kappa shape index (κ3) is 1.52. The van der Waals surface area contributed by atoms with Crippen molar-refractivity contribution < 1.29 is 14.6 Å². The molecule has 0 heterocycles. The predicted octanol–water partition coefficient (Wildman–Crippen LogP) is 1.43. The van der Waals surface area contributed by atoms with E-state index in [2.05, 4.69) is 0 Å². The lowest BCUT2D eigenvalue weighted by molar-refractivity contribution is -0.151. The molecule has 3 nitrogen and oxygen atoms in total. The number of hydrogen-bond acceptors (Lipinski definition) is 3. The molecule has 0 bridgehead atoms. The third-order valence-electron chi connectivity index (χ3n) is 3.29. The minimum absolute atomic E-state index is 0.178. The summed E-state index contributed by atoms with van der Waals surface area (Å²) in [4.78, 5) is 12.0. The predicted molar refractivity (Wildman–Crippen MR) is 60.2 cm³/mol. The van der Waals surface area contributed by atoms with Crippen molar-refractivity contribution in [3.63, 3.8) is 0 Å². The number of fused-ring (bicyclic) bond motifs is 1. The van der Waals surface area contributed by atoms with Crippen LogP contribution in [0.1, 0.15) is 24.5 Å². The number of aryl methyl sites for hydroxylation is 1. The first kappa shape index (κ1) is 11.1. The first-order chi connectivity index (χ1) is 7.74. The van der Waals surface area contributed by atoms with Crippen LogP contribution in [0.15, 0.2) is 24.3 Å². The summed E-state index contributed by atoms with van der Waals surface area (Å²) < 4.78 is 5.08. The summed E-state index contributed by atoms with van der Waals surface area (Å²) in [5, 5.41) is 9.56. The van der Waals surface area contributed by atoms with E-state index in [-0.39, 0.29) is 12.6 Å². The molecule has 0 spiro atoms. The van der Waals surface area contributed by atoms with E-state index < -0.39 is 5.41 Å². The Morgan fingerprint density at radius 1 is 1.50 bits per heavy atom. The molecule has 0 saturated carbocycles. The highest BCUT2D eigenvalue weighted by Crippen LogP contribution is 2.39. The molecule has 0 aromatic heterocycles. The molecule has 1 atom stereocenters. The van der Waals surface area contributed by atoms with Crippen molar-refractivity contribution in [1.29, 1.82) is 0 Å². The fraction of sp³-hybridized carbons (Fsp3) is 0.462. The lowest BCUT2D eigenvalue weighted by atomic mass is 9.83. The smallest absolute Gasteiger partial charge is 0.318 e. The van der Waals surface area contributed by atoms with Gasteiger partial charge in [-0.25, -0.2) is 0 Å². The second-order valence-electron chi connectivity index (χ2n) is 4.12. The van der Waals surface area contributed by atoms with Gasteiger partial charge in [0.15, 0.2) is 0 Å². The van der Waals surface area contributed by atoms with Gasteiger partial charge in [-0.1, -0.05) is 24.3 Å². The standard InChI is InChI=1S/C13H16O3/c1-2-16-12(15)13(9-14)8-7-10-5-3-4-6-11(10)13/h3-6,14H,2,7-9H2,1H3/t13-/m1/s1. The average Bonchev–Trinajstić information content (AvgIpc) is 2.69. The summed E-state index contributed by atoms with van der Waals surface area (Å²) >= 11 is 0. The van der Waals surface area contributed by atoms with Gasteiger partial charge in [-0.3, -0.25) is 4.79 Å². The highest BCUT2D eigenvalue weighted by molar-refractivity contribution is 5.85. The van der Waals surface area contributed by atoms with Crippen LogP contribution >= 0.6 is 0 Å². The van der Waals surface area contributed by atoms with E-state index in [9.17, 15) is 9.90 Å². The Morgan fingerprint density at radius 2 is 2.25 bits per heavy atom. The lowest BCUT2D eigenvalue weighted by Crippen LogP contribution is -2.39. The van der Waals surface area contributed by atoms with E-state index >= 15 is 0 Å². The molecule has 0 saturated heterocycles. The van der Waals surface area contributed by atoms with Crippen LogP contribution in [-0.4, -0.2) is 24.3 Å². The fourth-order valence-electron chi connectivity index (χ4n) is 2.40. The molecule has 1 aliphatic carbocycles. The normalized spacial score (nSPS) is 22.9. The summed E-state index contributed by atoms with van der Waals surface area (Å²) in [5.41, 5.74) is 1.24. The van der Waals surface area contributed by atoms with Crippen molar-refractivity contribution in [2.75, 3.05) is 13.2 Å². The number of hydrogen-bond donors (Lipinski definition) is 1. The maximum absolute atomic E-state index is 12.0. The SMILES string of the molecule is CCOC(=O)[C@@]1(CO)CCc2ccccc21. The zero-order chi connectivity index (χ0) is 11.6. The number of carbonyl (C=O) groups is 1. The molecule has 0 radical (unpaired) electrons. The summed E-state index contributed by atoms with van der Waals surface area (Å²) in [5.74, 6) is -0.303. The minimum Gasteiger partial charge on any atom is -0.465 e. The molecule has 0 amide bonds. The van der Waals surface area contributed by atoms with Crippen molar-refractivity contribution in [2.45, 2.75) is 25.2 Å². The number of carbonyl (C=O) groups excluding carboxylic acids is 1. The molecule has 2 rings (SSSR count). The van der Waals surface area contributed by atoms with Gasteiger partial charge in [-0.15, -0.1) is 0 Å². The number of aliphatic hydroxyl groups excluding tert-OH is 1. The molecule has 3 heteroatoms. The summed E-state index contributed by atoms with van der Waals surface area (Å²) in [7, 11) is 0. The Morgan fingerprint density at radius 3 is 2.94 bits per heavy atom. The lowest BCUT2D eigenvalue weighted by Gasteiger charge is -2.25. The van der Waals surface area contributed by atoms with Gasteiger partial charge in [0.05, 0.1) is 13.2 Å². The van der Waals surface area contributed by atoms with E-state index in [1.165, 1.54) is 0 Å². The average molecular weight is 220 g/mol. The minimum atomic E-state index is -0.827. The van der Waals surface area contributed by atoms with E-state index in [1.54, 1.807) is 6.92 Å². The van der Waals surface area contributed by atoms with Gasteiger partial charge in [0.1, 0.15) is 5.41 Å². The molecule has 16 heavy (non-hydrogen) atoms. The topological polar surface area (TPSA) is 46.5 Å². The summed E-state index contributed by atoms with van der Waals surface area (Å²) in [6.45, 7) is 1.95. The summed E-state index contributed by atoms with van der Waals surface area (Å²) in [6.07, 6.45) is 1.47. The zero-order valence-electron chi connectivity index (χ0n) is 9.40. The maximum atomic E-state index is 12.0. The van der Waals surface area contributed by atoms with Gasteiger partial charge in [0, 0.05) is 0 Å². The van der Waals surface area contributed by atoms with Crippen molar-refractivity contribution in [3.8, 4) is 0 Å². The number of ether oxygens (including phenoxy) is 1. The Bertz CT molecular complexity index is 400. The molecule has 1 N–H and O–H groups in total. The van der Waals surface area contributed by atoms with Crippen LogP contribution in [0, 0.1) is 0 Å². The second-order valence-corrected chi connectivity index (χ2v) is 4.12. The number of benzene rings is 1. The number of aliphatic hydroxyl groups is 1. The number of esters is 1. The molecule has 1 aliphatic rings. The fourth-order valence-corrected chi connectivity index (χ4v) is 2.40. The largest absolute Gasteiger partial charge is 0.465 e. The van der Waals surface area contributed by atoms with Crippen LogP contribution in [0.4, 0.5) is 0 Å². The van der Waals surface area contributed by atoms with Gasteiger partial charge >= 0.3 is 5.97 Å². The third-order valence-corrected chi connectivity index (χ3v) is 3.29. The Hall–Kier alpha value is -1.35. The molecule has 0 aliphatic heterocycles. The molecule has 1 aromatic rings. The van der Waals surface area contributed by atoms with Crippen LogP contribution in [0.3, 0.4) is 0 Å². The second kappa shape index (κ2) is 4.26. The number of rotatable bonds is 3. The monoisotopic (exact) mass is 220 g/mol. The van der Waals surface area contributed by atoms with E-state index in [0.29, 0.717) is 13.0 Å². The van der Waals surface area contributed by atoms with Crippen molar-refractivity contribution in [3.05, 3.63) is 35.4 Å². The molecular formula is C13H16O3. The molecule has 0 fully saturated rings. The first-order valence-electron chi connectivity index (χ1n) is 5.61. The Labute approximate surface area is 95.0 Å². The Balaban J connectivity index is 2.41. The van der Waals surface area contributed by atoms with Crippen LogP contribution < -0.4 is 0 Å². The van der Waals surface area contributed by atoms with Gasteiger partial charge < -0.3 is 9.84 Å². The molecule has 0 unspecified atom stereocenters. The van der Waals surface area contributed by atoms with Crippen LogP contribution in [-0.2, 0) is 21.4 Å². The van der Waals surface area contributed by atoms with Gasteiger partial charge in [0.2, 0.25) is 0 Å². The van der Waals surface area contributed by atoms with Crippen molar-refractivity contribution >= 4 is 5.97 Å². The first-order valence-corrected chi connectivity index (χ1v) is 5.61. The molecule has 86 valence electrons. The molecular weight excluding hydrogens is 204 g/mol. The van der Waals surface area contributed by atoms with Gasteiger partial charge in [-0.2, -0.15) is 0 Å². The quantitative estimate of drug-likeness (QED) is 0.784. The van der Waals surface area contributed by atoms with E-state index in [4.69, 9.17) is 4.74 Å². The summed E-state index contributed by atoms with van der Waals surface area (Å²) in [6, 6.07) is 7.77. The van der Waals surface area contributed by atoms with Crippen LogP contribution in [0.2, 0.25) is 0 Å². The highest BCUT2D eigenvalue weighted by Gasteiger charge is 2.45. The Kier molecular flexibility index (Phi) is 2.97. The van der Waals surface area contributed by atoms with Crippen LogP contribution in [0.25, 0.3) is 0 Å². The highest BCUT2D eigenvalue weighted by atomic mass is 16.5. The maximum Gasteiger partial charge on any atom is 0.318 e. The zero-order valence-corrected chi connectivity index (χ0v) is 9.40. The van der Waals surface area contributed by atoms with Gasteiger partial charge in [-0.05, 0) is 30.9 Å².